The maximum absolute atomic E-state index is 14.3. The van der Waals surface area contributed by atoms with Gasteiger partial charge in [-0.1, -0.05) is 61.5 Å². The predicted octanol–water partition coefficient (Wildman–Crippen LogP) is 1.79. The zero-order valence-corrected chi connectivity index (χ0v) is 31.8. The van der Waals surface area contributed by atoms with Gasteiger partial charge in [-0.25, -0.2) is 4.79 Å². The first-order valence-electron chi connectivity index (χ1n) is 17.0. The van der Waals surface area contributed by atoms with Crippen molar-refractivity contribution in [3.8, 4) is 0 Å². The van der Waals surface area contributed by atoms with Gasteiger partial charge in [0, 0.05) is 52.2 Å². The lowest BCUT2D eigenvalue weighted by atomic mass is 9.85. The van der Waals surface area contributed by atoms with Crippen molar-refractivity contribution in [2.24, 2.45) is 28.1 Å². The second-order valence-corrected chi connectivity index (χ2v) is 18.5. The molecule has 0 aromatic heterocycles. The first-order valence-corrected chi connectivity index (χ1v) is 18.4. The van der Waals surface area contributed by atoms with Gasteiger partial charge in [0.2, 0.25) is 17.6 Å². The lowest BCUT2D eigenvalue weighted by Gasteiger charge is -2.39. The van der Waals surface area contributed by atoms with Crippen LogP contribution in [0.25, 0.3) is 0 Å². The Balaban J connectivity index is 1.85. The molecular weight excluding hydrogens is 695 g/mol. The van der Waals surface area contributed by atoms with Gasteiger partial charge in [0.25, 0.3) is 16.1 Å². The summed E-state index contributed by atoms with van der Waals surface area (Å²) in [5.41, 5.74) is -1.90. The molecule has 4 N–H and O–H groups in total. The minimum atomic E-state index is -4.67. The molecule has 18 heteroatoms. The monoisotopic (exact) mass is 749 g/mol. The first-order chi connectivity index (χ1) is 23.1. The highest BCUT2D eigenvalue weighted by molar-refractivity contribution is 7.87. The maximum Gasteiger partial charge on any atom is 0.389 e. The van der Waals surface area contributed by atoms with E-state index < -0.39 is 105 Å². The number of likely N-dealkylation sites (N-methyl/N-ethyl adjacent to an activating group) is 1. The third-order valence-electron chi connectivity index (χ3n) is 10.3. The fourth-order valence-corrected chi connectivity index (χ4v) is 8.16. The van der Waals surface area contributed by atoms with Crippen LogP contribution in [0.2, 0.25) is 0 Å². The molecule has 14 nitrogen and oxygen atoms in total. The molecule has 1 aliphatic carbocycles. The van der Waals surface area contributed by atoms with Gasteiger partial charge >= 0.3 is 12.2 Å². The quantitative estimate of drug-likeness (QED) is 0.164. The van der Waals surface area contributed by atoms with Gasteiger partial charge in [-0.2, -0.15) is 30.2 Å². The Labute approximate surface area is 298 Å². The molecule has 2 saturated heterocycles. The molecule has 51 heavy (non-hydrogen) atoms. The largest absolute Gasteiger partial charge is 0.389 e. The van der Waals surface area contributed by atoms with Crippen molar-refractivity contribution in [3.05, 3.63) is 12.7 Å². The molecule has 0 bridgehead atoms. The third-order valence-corrected chi connectivity index (χ3v) is 12.2. The minimum Gasteiger partial charge on any atom is -0.346 e. The number of hydrogen-bond donors (Lipinski definition) is 4. The summed E-state index contributed by atoms with van der Waals surface area (Å²) in [6.45, 7) is 18.4. The van der Waals surface area contributed by atoms with Crippen LogP contribution in [0.1, 0.15) is 68.2 Å². The molecule has 0 radical (unpaired) electrons. The number of likely N-dealkylation sites (tertiary alicyclic amines) is 1. The average molecular weight is 750 g/mol. The van der Waals surface area contributed by atoms with Crippen molar-refractivity contribution in [1.82, 2.24) is 34.8 Å². The smallest absolute Gasteiger partial charge is 0.346 e. The Morgan fingerprint density at radius 3 is 2.06 bits per heavy atom. The zero-order chi connectivity index (χ0) is 39.1. The number of nitrogens with zero attached hydrogens (tertiary/aromatic N) is 3. The van der Waals surface area contributed by atoms with E-state index in [-0.39, 0.29) is 32.1 Å². The Hall–Kier alpha value is -3.25. The van der Waals surface area contributed by atoms with E-state index in [1.165, 1.54) is 26.6 Å². The SMILES string of the molecule is C=CCNC(=O)C(=O)C(CCC(F)(F)F)NC(=O)[C@@H]1C2[C@H](CN1C(=O)[C@@H](NC(=O)N[C@H](CN1CCN(C)S1(=O)=O)C(C)(C)C)C(C)(C)C)C2(C)C. The summed E-state index contributed by atoms with van der Waals surface area (Å²) in [5.74, 6) is -4.46. The van der Waals surface area contributed by atoms with Crippen molar-refractivity contribution in [2.45, 2.75) is 98.6 Å². The van der Waals surface area contributed by atoms with Crippen LogP contribution >= 0.6 is 0 Å². The number of fused-ring (bicyclic) bond motifs is 1. The van der Waals surface area contributed by atoms with Crippen LogP contribution < -0.4 is 21.3 Å². The summed E-state index contributed by atoms with van der Waals surface area (Å²) in [6.07, 6.45) is -5.71. The Morgan fingerprint density at radius 1 is 0.961 bits per heavy atom. The Morgan fingerprint density at radius 2 is 1.57 bits per heavy atom. The fourth-order valence-electron chi connectivity index (χ4n) is 6.81. The first kappa shape index (κ1) is 42.2. The highest BCUT2D eigenvalue weighted by Crippen LogP contribution is 2.65. The van der Waals surface area contributed by atoms with Crippen LogP contribution in [0.5, 0.6) is 0 Å². The number of piperidine rings is 1. The summed E-state index contributed by atoms with van der Waals surface area (Å²) in [6, 6.07) is -5.59. The molecule has 290 valence electrons. The van der Waals surface area contributed by atoms with Crippen LogP contribution in [-0.4, -0.2) is 122 Å². The van der Waals surface area contributed by atoms with Gasteiger partial charge < -0.3 is 26.2 Å². The van der Waals surface area contributed by atoms with Gasteiger partial charge in [-0.05, 0) is 34.5 Å². The van der Waals surface area contributed by atoms with Crippen LogP contribution in [0.3, 0.4) is 0 Å². The summed E-state index contributed by atoms with van der Waals surface area (Å²) < 4.78 is 67.6. The van der Waals surface area contributed by atoms with Gasteiger partial charge in [0.1, 0.15) is 12.1 Å². The summed E-state index contributed by atoms with van der Waals surface area (Å²) >= 11 is 0. The van der Waals surface area contributed by atoms with E-state index in [0.29, 0.717) is 6.54 Å². The summed E-state index contributed by atoms with van der Waals surface area (Å²) in [4.78, 5) is 68.4. The number of ketones is 1. The topological polar surface area (TPSA) is 177 Å². The Kier molecular flexibility index (Phi) is 12.4. The molecule has 0 spiro atoms. The number of amides is 5. The van der Waals surface area contributed by atoms with Crippen molar-refractivity contribution in [3.63, 3.8) is 0 Å². The van der Waals surface area contributed by atoms with Crippen molar-refractivity contribution in [1.29, 1.82) is 0 Å². The number of hydrogen-bond acceptors (Lipinski definition) is 7. The molecular formula is C33H54F3N7O7S. The van der Waals surface area contributed by atoms with Crippen LogP contribution in [0.4, 0.5) is 18.0 Å². The molecule has 2 aliphatic heterocycles. The second kappa shape index (κ2) is 15.0. The van der Waals surface area contributed by atoms with Gasteiger partial charge in [0.15, 0.2) is 0 Å². The third kappa shape index (κ3) is 9.80. The molecule has 3 aliphatic rings. The molecule has 3 rings (SSSR count). The lowest BCUT2D eigenvalue weighted by Crippen LogP contribution is -2.62. The van der Waals surface area contributed by atoms with Crippen LogP contribution in [0, 0.1) is 28.1 Å². The standard InChI is InChI=1S/C33H54F3N7O7S/c1-11-14-37-27(46)24(44)20(12-13-33(34,35)36)38-26(45)23-22-19(32(22,8)9)17-43(23)28(47)25(31(5,6)7)40-29(48)39-21(30(2,3)4)18-42-16-15-41(10)51(42,49)50/h11,19-23,25H,1,12-18H2,2-10H3,(H,37,46)(H,38,45)(H2,39,40,48)/t19-,20?,21+,22?,23-,25+/m0/s1. The number of urea groups is 1. The van der Waals surface area contributed by atoms with Crippen molar-refractivity contribution < 1.29 is 45.6 Å². The van der Waals surface area contributed by atoms with Gasteiger partial charge in [0.05, 0.1) is 6.04 Å². The highest BCUT2D eigenvalue weighted by Gasteiger charge is 2.70. The maximum atomic E-state index is 14.3. The number of alkyl halides is 3. The van der Waals surface area contributed by atoms with Crippen molar-refractivity contribution >= 4 is 39.7 Å². The van der Waals surface area contributed by atoms with Gasteiger partial charge in [-0.3, -0.25) is 19.2 Å². The van der Waals surface area contributed by atoms with E-state index in [1.54, 1.807) is 20.8 Å². The van der Waals surface area contributed by atoms with Crippen LogP contribution in [0.15, 0.2) is 12.7 Å². The molecule has 1 saturated carbocycles. The summed E-state index contributed by atoms with van der Waals surface area (Å²) in [5, 5.41) is 10.2. The normalized spacial score (nSPS) is 24.9. The molecule has 3 fully saturated rings. The van der Waals surface area contributed by atoms with Gasteiger partial charge in [-0.15, -0.1) is 6.58 Å². The van der Waals surface area contributed by atoms with Crippen LogP contribution in [-0.2, 0) is 29.4 Å². The molecule has 2 unspecified atom stereocenters. The van der Waals surface area contributed by atoms with E-state index >= 15 is 0 Å². The highest BCUT2D eigenvalue weighted by atomic mass is 32.2. The number of carbonyl (C=O) groups excluding carboxylic acids is 5. The number of Topliss-reactive ketones (excluding diaryl/α,β-unsaturated/α-hetero) is 1. The molecule has 2 heterocycles. The van der Waals surface area contributed by atoms with E-state index in [2.05, 4.69) is 27.8 Å². The number of rotatable bonds is 13. The number of halogens is 3. The fraction of sp³-hybridized carbons (Fsp3) is 0.788. The second-order valence-electron chi connectivity index (χ2n) is 16.5. The minimum absolute atomic E-state index is 0.00955. The lowest BCUT2D eigenvalue weighted by molar-refractivity contribution is -0.148. The molecule has 6 atom stereocenters. The van der Waals surface area contributed by atoms with E-state index in [4.69, 9.17) is 0 Å². The Bertz CT molecular complexity index is 1490. The van der Waals surface area contributed by atoms with E-state index in [0.717, 1.165) is 0 Å². The number of carbonyl (C=O) groups is 5. The average Bonchev–Trinajstić information content (AvgIpc) is 3.25. The van der Waals surface area contributed by atoms with E-state index in [1.807, 2.05) is 34.6 Å². The zero-order valence-electron chi connectivity index (χ0n) is 30.9. The van der Waals surface area contributed by atoms with E-state index in [9.17, 15) is 45.6 Å². The molecule has 5 amide bonds. The summed E-state index contributed by atoms with van der Waals surface area (Å²) in [7, 11) is -2.22. The van der Waals surface area contributed by atoms with Crippen molar-refractivity contribution in [2.75, 3.05) is 39.8 Å². The number of nitrogens with one attached hydrogen (secondary N) is 4. The molecule has 0 aromatic rings. The predicted molar refractivity (Wildman–Crippen MR) is 183 cm³/mol. The molecule has 0 aromatic carbocycles.